The van der Waals surface area contributed by atoms with Gasteiger partial charge in [-0.15, -0.1) is 0 Å². The van der Waals surface area contributed by atoms with Crippen molar-refractivity contribution in [1.29, 1.82) is 0 Å². The smallest absolute Gasteiger partial charge is 0.127 e. The molecule has 0 heterocycles. The summed E-state index contributed by atoms with van der Waals surface area (Å²) in [4.78, 5) is 0. The molecule has 0 spiro atoms. The largest absolute Gasteiger partial charge is 0.396 e. The summed E-state index contributed by atoms with van der Waals surface area (Å²) in [6, 6.07) is 12.5. The van der Waals surface area contributed by atoms with E-state index in [1.54, 1.807) is 12.1 Å². The highest BCUT2D eigenvalue weighted by molar-refractivity contribution is 6.31. The molecule has 0 amide bonds. The highest BCUT2D eigenvalue weighted by atomic mass is 35.5. The van der Waals surface area contributed by atoms with Crippen LogP contribution in [0.2, 0.25) is 5.02 Å². The van der Waals surface area contributed by atoms with Crippen LogP contribution in [0, 0.1) is 12.7 Å². The van der Waals surface area contributed by atoms with E-state index in [4.69, 9.17) is 11.6 Å². The van der Waals surface area contributed by atoms with Gasteiger partial charge in [-0.2, -0.15) is 0 Å². The van der Waals surface area contributed by atoms with Gasteiger partial charge in [0.1, 0.15) is 5.82 Å². The van der Waals surface area contributed by atoms with Crippen LogP contribution in [0.15, 0.2) is 42.5 Å². The van der Waals surface area contributed by atoms with Gasteiger partial charge in [-0.05, 0) is 36.6 Å². The summed E-state index contributed by atoms with van der Waals surface area (Å²) >= 11 is 6.04. The van der Waals surface area contributed by atoms with Gasteiger partial charge in [-0.25, -0.2) is 4.39 Å². The van der Waals surface area contributed by atoms with Gasteiger partial charge in [0.2, 0.25) is 0 Å². The molecule has 0 aliphatic heterocycles. The van der Waals surface area contributed by atoms with E-state index in [0.717, 1.165) is 11.1 Å². The summed E-state index contributed by atoms with van der Waals surface area (Å²) in [5.74, 6) is -0.463. The molecule has 2 aromatic carbocycles. The summed E-state index contributed by atoms with van der Waals surface area (Å²) in [7, 11) is 0. The SMILES string of the molecule is Cc1ccccc1C(CO)Cc1c(F)cccc1Cl. The number of hydrogen-bond donors (Lipinski definition) is 1. The summed E-state index contributed by atoms with van der Waals surface area (Å²) in [5, 5.41) is 9.99. The second-order valence-electron chi connectivity index (χ2n) is 4.64. The van der Waals surface area contributed by atoms with E-state index in [2.05, 4.69) is 0 Å². The van der Waals surface area contributed by atoms with Crippen LogP contribution in [0.25, 0.3) is 0 Å². The van der Waals surface area contributed by atoms with Gasteiger partial charge in [-0.3, -0.25) is 0 Å². The summed E-state index contributed by atoms with van der Waals surface area (Å²) < 4.78 is 13.8. The second kappa shape index (κ2) is 6.18. The Morgan fingerprint density at radius 2 is 1.89 bits per heavy atom. The van der Waals surface area contributed by atoms with Crippen LogP contribution in [0.1, 0.15) is 22.6 Å². The van der Waals surface area contributed by atoms with Crippen LogP contribution >= 0.6 is 11.6 Å². The quantitative estimate of drug-likeness (QED) is 0.892. The lowest BCUT2D eigenvalue weighted by molar-refractivity contribution is 0.263. The van der Waals surface area contributed by atoms with Crippen molar-refractivity contribution in [2.45, 2.75) is 19.3 Å². The van der Waals surface area contributed by atoms with Crippen LogP contribution in [-0.4, -0.2) is 11.7 Å². The molecular formula is C16H16ClFO. The molecule has 19 heavy (non-hydrogen) atoms. The van der Waals surface area contributed by atoms with Crippen LogP contribution < -0.4 is 0 Å². The summed E-state index contributed by atoms with van der Waals surface area (Å²) in [6.07, 6.45) is 0.396. The van der Waals surface area contributed by atoms with Gasteiger partial charge in [0.05, 0.1) is 6.61 Å². The van der Waals surface area contributed by atoms with Crippen molar-refractivity contribution in [3.63, 3.8) is 0 Å². The fourth-order valence-electron chi connectivity index (χ4n) is 2.29. The third-order valence-electron chi connectivity index (χ3n) is 3.36. The van der Waals surface area contributed by atoms with Crippen LogP contribution in [0.5, 0.6) is 0 Å². The monoisotopic (exact) mass is 278 g/mol. The Kier molecular flexibility index (Phi) is 4.56. The third kappa shape index (κ3) is 3.14. The first-order valence-electron chi connectivity index (χ1n) is 6.22. The number of aliphatic hydroxyl groups excluding tert-OH is 1. The Hall–Kier alpha value is -1.38. The van der Waals surface area contributed by atoms with E-state index in [0.29, 0.717) is 17.0 Å². The normalized spacial score (nSPS) is 12.4. The first-order valence-corrected chi connectivity index (χ1v) is 6.60. The number of aliphatic hydroxyl groups is 1. The molecule has 0 aromatic heterocycles. The zero-order valence-corrected chi connectivity index (χ0v) is 11.5. The van der Waals surface area contributed by atoms with Crippen LogP contribution in [0.4, 0.5) is 4.39 Å². The topological polar surface area (TPSA) is 20.2 Å². The number of aryl methyl sites for hydroxylation is 1. The Morgan fingerprint density at radius 3 is 2.53 bits per heavy atom. The number of benzene rings is 2. The maximum Gasteiger partial charge on any atom is 0.127 e. The van der Waals surface area contributed by atoms with Crippen molar-refractivity contribution < 1.29 is 9.50 Å². The number of halogens is 2. The fourth-order valence-corrected chi connectivity index (χ4v) is 2.53. The first-order chi connectivity index (χ1) is 9.13. The molecule has 0 aliphatic rings. The molecule has 1 nitrogen and oxygen atoms in total. The molecule has 100 valence electrons. The van der Waals surface area contributed by atoms with Crippen molar-refractivity contribution in [2.24, 2.45) is 0 Å². The molecule has 3 heteroatoms. The van der Waals surface area contributed by atoms with Gasteiger partial charge < -0.3 is 5.11 Å². The summed E-state index contributed by atoms with van der Waals surface area (Å²) in [5.41, 5.74) is 2.59. The molecule has 0 radical (unpaired) electrons. The van der Waals surface area contributed by atoms with E-state index < -0.39 is 0 Å². The Morgan fingerprint density at radius 1 is 1.16 bits per heavy atom. The average molecular weight is 279 g/mol. The Labute approximate surface area is 117 Å². The minimum atomic E-state index is -0.320. The van der Waals surface area contributed by atoms with Crippen molar-refractivity contribution in [1.82, 2.24) is 0 Å². The van der Waals surface area contributed by atoms with E-state index in [9.17, 15) is 9.50 Å². The molecule has 0 bridgehead atoms. The van der Waals surface area contributed by atoms with E-state index in [-0.39, 0.29) is 18.3 Å². The molecule has 1 N–H and O–H groups in total. The zero-order valence-electron chi connectivity index (χ0n) is 10.7. The Bertz CT molecular complexity index is 548. The number of rotatable bonds is 4. The minimum Gasteiger partial charge on any atom is -0.396 e. The lowest BCUT2D eigenvalue weighted by Crippen LogP contribution is -2.10. The van der Waals surface area contributed by atoms with Gasteiger partial charge in [0, 0.05) is 16.5 Å². The maximum atomic E-state index is 13.8. The summed E-state index contributed by atoms with van der Waals surface area (Å²) in [6.45, 7) is 1.95. The van der Waals surface area contributed by atoms with Crippen molar-refractivity contribution in [3.8, 4) is 0 Å². The molecule has 0 fully saturated rings. The zero-order chi connectivity index (χ0) is 13.8. The highest BCUT2D eigenvalue weighted by Gasteiger charge is 2.17. The van der Waals surface area contributed by atoms with Crippen molar-refractivity contribution in [3.05, 3.63) is 70.0 Å². The molecule has 0 saturated carbocycles. The van der Waals surface area contributed by atoms with Gasteiger partial charge in [-0.1, -0.05) is 41.9 Å². The lowest BCUT2D eigenvalue weighted by Gasteiger charge is -2.18. The van der Waals surface area contributed by atoms with Gasteiger partial charge in [0.25, 0.3) is 0 Å². The maximum absolute atomic E-state index is 13.8. The van der Waals surface area contributed by atoms with Crippen LogP contribution in [-0.2, 0) is 6.42 Å². The van der Waals surface area contributed by atoms with Crippen molar-refractivity contribution in [2.75, 3.05) is 6.61 Å². The minimum absolute atomic E-state index is 0.0322. The highest BCUT2D eigenvalue weighted by Crippen LogP contribution is 2.28. The fraction of sp³-hybridized carbons (Fsp3) is 0.250. The standard InChI is InChI=1S/C16H16ClFO/c1-11-5-2-3-6-13(11)12(10-19)9-14-15(17)7-4-8-16(14)18/h2-8,12,19H,9-10H2,1H3. The molecule has 1 atom stereocenters. The van der Waals surface area contributed by atoms with Gasteiger partial charge >= 0.3 is 0 Å². The molecule has 2 aromatic rings. The molecule has 2 rings (SSSR count). The molecule has 1 unspecified atom stereocenters. The average Bonchev–Trinajstić information content (AvgIpc) is 2.40. The third-order valence-corrected chi connectivity index (χ3v) is 3.71. The van der Waals surface area contributed by atoms with E-state index in [1.807, 2.05) is 31.2 Å². The predicted molar refractivity (Wildman–Crippen MR) is 76.1 cm³/mol. The number of hydrogen-bond acceptors (Lipinski definition) is 1. The predicted octanol–water partition coefficient (Wildman–Crippen LogP) is 4.11. The van der Waals surface area contributed by atoms with Crippen LogP contribution in [0.3, 0.4) is 0 Å². The molecule has 0 aliphatic carbocycles. The van der Waals surface area contributed by atoms with E-state index in [1.165, 1.54) is 6.07 Å². The lowest BCUT2D eigenvalue weighted by atomic mass is 9.89. The van der Waals surface area contributed by atoms with Crippen molar-refractivity contribution >= 4 is 11.6 Å². The second-order valence-corrected chi connectivity index (χ2v) is 5.05. The first kappa shape index (κ1) is 14.0. The van der Waals surface area contributed by atoms with E-state index >= 15 is 0 Å². The molecule has 0 saturated heterocycles. The molecular weight excluding hydrogens is 263 g/mol. The Balaban J connectivity index is 2.32. The van der Waals surface area contributed by atoms with Gasteiger partial charge in [0.15, 0.2) is 0 Å².